The average molecular weight is 261 g/mol. The zero-order valence-corrected chi connectivity index (χ0v) is 12.5. The Labute approximate surface area is 117 Å². The molecule has 3 atom stereocenters. The summed E-state index contributed by atoms with van der Waals surface area (Å²) < 4.78 is 5.65. The van der Waals surface area contributed by atoms with Crippen molar-refractivity contribution in [1.29, 1.82) is 0 Å². The van der Waals surface area contributed by atoms with Crippen LogP contribution in [-0.2, 0) is 0 Å². The van der Waals surface area contributed by atoms with Crippen molar-refractivity contribution in [2.75, 3.05) is 13.7 Å². The van der Waals surface area contributed by atoms with Gasteiger partial charge in [-0.1, -0.05) is 38.8 Å². The predicted molar refractivity (Wildman–Crippen MR) is 80.5 cm³/mol. The highest BCUT2D eigenvalue weighted by Gasteiger charge is 2.30. The fraction of sp³-hybridized carbons (Fsp3) is 0.647. The molecule has 19 heavy (non-hydrogen) atoms. The van der Waals surface area contributed by atoms with E-state index in [9.17, 15) is 0 Å². The minimum absolute atomic E-state index is 0.484. The third-order valence-corrected chi connectivity index (χ3v) is 4.38. The molecule has 0 amide bonds. The highest BCUT2D eigenvalue weighted by molar-refractivity contribution is 5.29. The number of hydrogen-bond donors (Lipinski definition) is 1. The van der Waals surface area contributed by atoms with Crippen molar-refractivity contribution < 1.29 is 4.74 Å². The summed E-state index contributed by atoms with van der Waals surface area (Å²) in [7, 11) is 2.08. The van der Waals surface area contributed by atoms with E-state index in [1.54, 1.807) is 0 Å². The van der Waals surface area contributed by atoms with Crippen molar-refractivity contribution in [3.63, 3.8) is 0 Å². The van der Waals surface area contributed by atoms with Crippen LogP contribution in [0.15, 0.2) is 24.3 Å². The number of nitrogens with one attached hydrogen (secondary N) is 1. The van der Waals surface area contributed by atoms with E-state index in [1.807, 2.05) is 0 Å². The number of hydrogen-bond acceptors (Lipinski definition) is 2. The second-order valence-corrected chi connectivity index (χ2v) is 5.76. The summed E-state index contributed by atoms with van der Waals surface area (Å²) in [5, 5.41) is 3.51. The van der Waals surface area contributed by atoms with Crippen LogP contribution < -0.4 is 10.1 Å². The standard InChI is InChI=1S/C17H27NO/c1-4-12-19-15-10-8-14(9-11-15)17(18-3)16-7-5-6-13(16)2/h8-11,13,16-18H,4-7,12H2,1-3H3. The number of rotatable bonds is 6. The van der Waals surface area contributed by atoms with Crippen LogP contribution in [0.2, 0.25) is 0 Å². The van der Waals surface area contributed by atoms with Crippen LogP contribution in [0.3, 0.4) is 0 Å². The fourth-order valence-electron chi connectivity index (χ4n) is 3.29. The van der Waals surface area contributed by atoms with Gasteiger partial charge in [-0.3, -0.25) is 0 Å². The lowest BCUT2D eigenvalue weighted by molar-refractivity contribution is 0.311. The van der Waals surface area contributed by atoms with Gasteiger partial charge < -0.3 is 10.1 Å². The minimum atomic E-state index is 0.484. The van der Waals surface area contributed by atoms with Gasteiger partial charge in [0.15, 0.2) is 0 Å². The predicted octanol–water partition coefficient (Wildman–Crippen LogP) is 4.17. The van der Waals surface area contributed by atoms with Crippen LogP contribution in [0, 0.1) is 11.8 Å². The first-order chi connectivity index (χ1) is 9.26. The molecule has 1 aliphatic carbocycles. The Bertz CT molecular complexity index is 373. The summed E-state index contributed by atoms with van der Waals surface area (Å²) in [6, 6.07) is 9.14. The second kappa shape index (κ2) is 6.95. The molecule has 1 aromatic carbocycles. The number of benzene rings is 1. The van der Waals surface area contributed by atoms with Gasteiger partial charge in [-0.15, -0.1) is 0 Å². The van der Waals surface area contributed by atoms with Gasteiger partial charge in [-0.05, 0) is 49.4 Å². The molecule has 3 unspecified atom stereocenters. The molecule has 0 radical (unpaired) electrons. The zero-order chi connectivity index (χ0) is 13.7. The van der Waals surface area contributed by atoms with Gasteiger partial charge in [-0.2, -0.15) is 0 Å². The summed E-state index contributed by atoms with van der Waals surface area (Å²) in [5.74, 6) is 2.58. The van der Waals surface area contributed by atoms with Crippen LogP contribution in [0.5, 0.6) is 5.75 Å². The summed E-state index contributed by atoms with van der Waals surface area (Å²) in [5.41, 5.74) is 1.39. The van der Waals surface area contributed by atoms with E-state index in [0.717, 1.165) is 30.6 Å². The van der Waals surface area contributed by atoms with Crippen LogP contribution in [0.4, 0.5) is 0 Å². The van der Waals surface area contributed by atoms with Crippen molar-refractivity contribution in [3.05, 3.63) is 29.8 Å². The largest absolute Gasteiger partial charge is 0.494 e. The van der Waals surface area contributed by atoms with Crippen molar-refractivity contribution in [3.8, 4) is 5.75 Å². The summed E-state index contributed by atoms with van der Waals surface area (Å²) >= 11 is 0. The molecule has 0 heterocycles. The van der Waals surface area contributed by atoms with Crippen molar-refractivity contribution in [2.24, 2.45) is 11.8 Å². The van der Waals surface area contributed by atoms with E-state index >= 15 is 0 Å². The maximum absolute atomic E-state index is 5.65. The SMILES string of the molecule is CCCOc1ccc(C(NC)C2CCCC2C)cc1. The molecule has 1 saturated carbocycles. The molecule has 1 aromatic rings. The molecule has 0 aromatic heterocycles. The Balaban J connectivity index is 2.06. The van der Waals surface area contributed by atoms with Gasteiger partial charge in [0.1, 0.15) is 5.75 Å². The lowest BCUT2D eigenvalue weighted by atomic mass is 9.86. The highest BCUT2D eigenvalue weighted by atomic mass is 16.5. The molecular weight excluding hydrogens is 234 g/mol. The average Bonchev–Trinajstić information content (AvgIpc) is 2.85. The van der Waals surface area contributed by atoms with Gasteiger partial charge in [0.25, 0.3) is 0 Å². The molecule has 1 fully saturated rings. The third-order valence-electron chi connectivity index (χ3n) is 4.38. The van der Waals surface area contributed by atoms with Crippen molar-refractivity contribution in [1.82, 2.24) is 5.32 Å². The van der Waals surface area contributed by atoms with Crippen LogP contribution in [-0.4, -0.2) is 13.7 Å². The molecule has 2 rings (SSSR count). The smallest absolute Gasteiger partial charge is 0.119 e. The normalized spacial score (nSPS) is 24.4. The van der Waals surface area contributed by atoms with E-state index in [4.69, 9.17) is 4.74 Å². The third kappa shape index (κ3) is 3.50. The van der Waals surface area contributed by atoms with Gasteiger partial charge in [0, 0.05) is 6.04 Å². The monoisotopic (exact) mass is 261 g/mol. The van der Waals surface area contributed by atoms with E-state index < -0.39 is 0 Å². The van der Waals surface area contributed by atoms with E-state index in [1.165, 1.54) is 24.8 Å². The van der Waals surface area contributed by atoms with Gasteiger partial charge in [-0.25, -0.2) is 0 Å². The maximum atomic E-state index is 5.65. The van der Waals surface area contributed by atoms with E-state index in [2.05, 4.69) is 50.5 Å². The topological polar surface area (TPSA) is 21.3 Å². The highest BCUT2D eigenvalue weighted by Crippen LogP contribution is 2.40. The van der Waals surface area contributed by atoms with Gasteiger partial charge >= 0.3 is 0 Å². The molecule has 1 N–H and O–H groups in total. The second-order valence-electron chi connectivity index (χ2n) is 5.76. The van der Waals surface area contributed by atoms with Crippen LogP contribution >= 0.6 is 0 Å². The van der Waals surface area contributed by atoms with Crippen LogP contribution in [0.25, 0.3) is 0 Å². The Morgan fingerprint density at radius 1 is 1.26 bits per heavy atom. The fourth-order valence-corrected chi connectivity index (χ4v) is 3.29. The lowest BCUT2D eigenvalue weighted by Crippen LogP contribution is -2.26. The Kier molecular flexibility index (Phi) is 5.26. The zero-order valence-electron chi connectivity index (χ0n) is 12.5. The van der Waals surface area contributed by atoms with E-state index in [0.29, 0.717) is 6.04 Å². The van der Waals surface area contributed by atoms with E-state index in [-0.39, 0.29) is 0 Å². The van der Waals surface area contributed by atoms with Gasteiger partial charge in [0.2, 0.25) is 0 Å². The molecule has 2 heteroatoms. The lowest BCUT2D eigenvalue weighted by Gasteiger charge is -2.27. The molecule has 106 valence electrons. The number of ether oxygens (including phenoxy) is 1. The minimum Gasteiger partial charge on any atom is -0.494 e. The Morgan fingerprint density at radius 3 is 2.53 bits per heavy atom. The summed E-state index contributed by atoms with van der Waals surface area (Å²) in [6.45, 7) is 5.32. The quantitative estimate of drug-likeness (QED) is 0.829. The summed E-state index contributed by atoms with van der Waals surface area (Å²) in [4.78, 5) is 0. The molecule has 0 aliphatic heterocycles. The Hall–Kier alpha value is -1.02. The molecular formula is C17H27NO. The molecule has 1 aliphatic rings. The Morgan fingerprint density at radius 2 is 2.00 bits per heavy atom. The maximum Gasteiger partial charge on any atom is 0.119 e. The molecule has 0 bridgehead atoms. The summed E-state index contributed by atoms with van der Waals surface area (Å²) in [6.07, 6.45) is 5.16. The first-order valence-corrected chi connectivity index (χ1v) is 7.66. The molecule has 0 saturated heterocycles. The van der Waals surface area contributed by atoms with Crippen molar-refractivity contribution >= 4 is 0 Å². The first kappa shape index (κ1) is 14.4. The molecule has 0 spiro atoms. The van der Waals surface area contributed by atoms with Crippen LogP contribution in [0.1, 0.15) is 51.1 Å². The first-order valence-electron chi connectivity index (χ1n) is 7.66. The molecule has 2 nitrogen and oxygen atoms in total. The van der Waals surface area contributed by atoms with Crippen molar-refractivity contribution in [2.45, 2.75) is 45.6 Å². The van der Waals surface area contributed by atoms with Gasteiger partial charge in [0.05, 0.1) is 6.61 Å².